The molecule has 0 saturated heterocycles. The van der Waals surface area contributed by atoms with E-state index in [9.17, 15) is 4.79 Å². The van der Waals surface area contributed by atoms with Crippen LogP contribution in [0.3, 0.4) is 0 Å². The van der Waals surface area contributed by atoms with Gasteiger partial charge in [-0.2, -0.15) is 0 Å². The number of aromatic nitrogens is 1. The minimum atomic E-state index is -0.202. The lowest BCUT2D eigenvalue weighted by atomic mass is 10.2. The van der Waals surface area contributed by atoms with Gasteiger partial charge >= 0.3 is 0 Å². The molecular formula is C12H19N3O2. The average molecular weight is 237 g/mol. The molecule has 1 rings (SSSR count). The first-order valence-corrected chi connectivity index (χ1v) is 5.76. The number of nitrogens with zero attached hydrogens (tertiary/aromatic N) is 2. The van der Waals surface area contributed by atoms with Crippen molar-refractivity contribution in [2.75, 3.05) is 31.6 Å². The number of aliphatic hydroxyl groups is 1. The number of carbonyl (C=O) groups is 1. The van der Waals surface area contributed by atoms with Crippen LogP contribution in [0.1, 0.15) is 23.8 Å². The lowest BCUT2D eigenvalue weighted by molar-refractivity contribution is 0.0958. The molecule has 0 spiro atoms. The third-order valence-electron chi connectivity index (χ3n) is 2.43. The molecule has 0 unspecified atom stereocenters. The van der Waals surface area contributed by atoms with Gasteiger partial charge < -0.3 is 15.3 Å². The molecule has 0 aliphatic carbocycles. The van der Waals surface area contributed by atoms with E-state index >= 15 is 0 Å². The molecule has 1 aromatic heterocycles. The molecule has 0 radical (unpaired) electrons. The van der Waals surface area contributed by atoms with Gasteiger partial charge in [-0.05, 0) is 18.6 Å². The van der Waals surface area contributed by atoms with Gasteiger partial charge in [0.1, 0.15) is 5.69 Å². The summed E-state index contributed by atoms with van der Waals surface area (Å²) < 4.78 is 0. The van der Waals surface area contributed by atoms with Gasteiger partial charge in [0.15, 0.2) is 0 Å². The van der Waals surface area contributed by atoms with Gasteiger partial charge in [-0.15, -0.1) is 0 Å². The Morgan fingerprint density at radius 1 is 1.53 bits per heavy atom. The third-order valence-corrected chi connectivity index (χ3v) is 2.43. The van der Waals surface area contributed by atoms with Crippen LogP contribution in [-0.4, -0.2) is 42.7 Å². The molecule has 2 N–H and O–H groups in total. The van der Waals surface area contributed by atoms with Gasteiger partial charge in [0, 0.05) is 32.0 Å². The topological polar surface area (TPSA) is 65.5 Å². The Balaban J connectivity index is 2.91. The van der Waals surface area contributed by atoms with Crippen molar-refractivity contribution < 1.29 is 9.90 Å². The molecule has 0 bridgehead atoms. The number of aliphatic hydroxyl groups excluding tert-OH is 1. The molecule has 5 heteroatoms. The quantitative estimate of drug-likeness (QED) is 0.762. The highest BCUT2D eigenvalue weighted by molar-refractivity contribution is 5.92. The first-order chi connectivity index (χ1) is 8.22. The van der Waals surface area contributed by atoms with Crippen LogP contribution >= 0.6 is 0 Å². The summed E-state index contributed by atoms with van der Waals surface area (Å²) in [5.41, 5.74) is 1.30. The van der Waals surface area contributed by atoms with E-state index in [0.29, 0.717) is 12.2 Å². The number of nitrogens with one attached hydrogen (secondary N) is 1. The minimum Gasteiger partial charge on any atom is -0.395 e. The van der Waals surface area contributed by atoms with Gasteiger partial charge in [0.25, 0.3) is 5.91 Å². The van der Waals surface area contributed by atoms with Crippen molar-refractivity contribution in [3.05, 3.63) is 24.0 Å². The standard InChI is InChI=1S/C12H19N3O2/c1-3-6-15(7-8-16)10-4-5-14-11(9-10)12(17)13-2/h4-5,9,16H,3,6-8H2,1-2H3,(H,13,17). The molecule has 17 heavy (non-hydrogen) atoms. The van der Waals surface area contributed by atoms with Crippen LogP contribution in [-0.2, 0) is 0 Å². The number of carbonyl (C=O) groups excluding carboxylic acids is 1. The van der Waals surface area contributed by atoms with Crippen LogP contribution in [0.2, 0.25) is 0 Å². The molecule has 1 aromatic rings. The SMILES string of the molecule is CCCN(CCO)c1ccnc(C(=O)NC)c1. The van der Waals surface area contributed by atoms with Crippen molar-refractivity contribution in [2.45, 2.75) is 13.3 Å². The van der Waals surface area contributed by atoms with Crippen LogP contribution in [0.5, 0.6) is 0 Å². The number of anilines is 1. The first kappa shape index (κ1) is 13.4. The summed E-state index contributed by atoms with van der Waals surface area (Å²) in [6, 6.07) is 3.59. The Morgan fingerprint density at radius 2 is 2.29 bits per heavy atom. The second-order valence-electron chi connectivity index (χ2n) is 3.69. The van der Waals surface area contributed by atoms with Crippen LogP contribution in [0.25, 0.3) is 0 Å². The van der Waals surface area contributed by atoms with Gasteiger partial charge in [0.05, 0.1) is 6.61 Å². The first-order valence-electron chi connectivity index (χ1n) is 5.76. The number of amides is 1. The molecule has 0 aromatic carbocycles. The molecule has 0 atom stereocenters. The van der Waals surface area contributed by atoms with Crippen LogP contribution in [0, 0.1) is 0 Å². The Hall–Kier alpha value is -1.62. The Bertz CT molecular complexity index is 363. The summed E-state index contributed by atoms with van der Waals surface area (Å²) in [7, 11) is 1.58. The maximum atomic E-state index is 11.5. The highest BCUT2D eigenvalue weighted by atomic mass is 16.3. The summed E-state index contributed by atoms with van der Waals surface area (Å²) in [5, 5.41) is 11.6. The molecule has 0 saturated carbocycles. The number of hydrogen-bond donors (Lipinski definition) is 2. The van der Waals surface area contributed by atoms with Gasteiger partial charge in [-0.3, -0.25) is 9.78 Å². The average Bonchev–Trinajstić information content (AvgIpc) is 2.37. The van der Waals surface area contributed by atoms with Crippen LogP contribution < -0.4 is 10.2 Å². The van der Waals surface area contributed by atoms with Crippen molar-refractivity contribution in [1.29, 1.82) is 0 Å². The molecule has 0 aliphatic rings. The summed E-state index contributed by atoms with van der Waals surface area (Å²) in [4.78, 5) is 17.5. The minimum absolute atomic E-state index is 0.0949. The number of pyridine rings is 1. The highest BCUT2D eigenvalue weighted by Gasteiger charge is 2.09. The summed E-state index contributed by atoms with van der Waals surface area (Å²) in [6.45, 7) is 3.58. The largest absolute Gasteiger partial charge is 0.395 e. The fourth-order valence-corrected chi connectivity index (χ4v) is 1.63. The van der Waals surface area contributed by atoms with E-state index < -0.39 is 0 Å². The normalized spacial score (nSPS) is 10.1. The molecular weight excluding hydrogens is 218 g/mol. The predicted octanol–water partition coefficient (Wildman–Crippen LogP) is 0.650. The van der Waals surface area contributed by atoms with E-state index in [4.69, 9.17) is 5.11 Å². The van der Waals surface area contributed by atoms with Gasteiger partial charge in [-0.25, -0.2) is 0 Å². The smallest absolute Gasteiger partial charge is 0.269 e. The molecule has 5 nitrogen and oxygen atoms in total. The Labute approximate surface area is 101 Å². The zero-order chi connectivity index (χ0) is 12.7. The number of hydrogen-bond acceptors (Lipinski definition) is 4. The van der Waals surface area contributed by atoms with Crippen LogP contribution in [0.15, 0.2) is 18.3 Å². The van der Waals surface area contributed by atoms with Crippen molar-refractivity contribution >= 4 is 11.6 Å². The fraction of sp³-hybridized carbons (Fsp3) is 0.500. The summed E-state index contributed by atoms with van der Waals surface area (Å²) in [5.74, 6) is -0.202. The Kier molecular flexibility index (Phi) is 5.42. The van der Waals surface area contributed by atoms with E-state index in [0.717, 1.165) is 18.7 Å². The second kappa shape index (κ2) is 6.85. The second-order valence-corrected chi connectivity index (χ2v) is 3.69. The van der Waals surface area contributed by atoms with Gasteiger partial charge in [-0.1, -0.05) is 6.92 Å². The Morgan fingerprint density at radius 3 is 2.88 bits per heavy atom. The van der Waals surface area contributed by atoms with E-state index in [-0.39, 0.29) is 12.5 Å². The lowest BCUT2D eigenvalue weighted by Gasteiger charge is -2.23. The van der Waals surface area contributed by atoms with Crippen molar-refractivity contribution in [3.63, 3.8) is 0 Å². The van der Waals surface area contributed by atoms with E-state index in [1.807, 2.05) is 11.0 Å². The predicted molar refractivity (Wildman–Crippen MR) is 67.2 cm³/mol. The number of rotatable bonds is 6. The van der Waals surface area contributed by atoms with Crippen molar-refractivity contribution in [2.24, 2.45) is 0 Å². The van der Waals surface area contributed by atoms with E-state index in [1.54, 1.807) is 19.3 Å². The molecule has 0 aliphatic heterocycles. The lowest BCUT2D eigenvalue weighted by Crippen LogP contribution is -2.28. The highest BCUT2D eigenvalue weighted by Crippen LogP contribution is 2.14. The summed E-state index contributed by atoms with van der Waals surface area (Å²) in [6.07, 6.45) is 2.59. The molecule has 1 amide bonds. The van der Waals surface area contributed by atoms with Crippen molar-refractivity contribution in [1.82, 2.24) is 10.3 Å². The summed E-state index contributed by atoms with van der Waals surface area (Å²) >= 11 is 0. The van der Waals surface area contributed by atoms with Crippen LogP contribution in [0.4, 0.5) is 5.69 Å². The van der Waals surface area contributed by atoms with E-state index in [1.165, 1.54) is 0 Å². The third kappa shape index (κ3) is 3.71. The maximum absolute atomic E-state index is 11.5. The van der Waals surface area contributed by atoms with Gasteiger partial charge in [0.2, 0.25) is 0 Å². The zero-order valence-electron chi connectivity index (χ0n) is 10.3. The molecule has 94 valence electrons. The monoisotopic (exact) mass is 237 g/mol. The zero-order valence-corrected chi connectivity index (χ0v) is 10.3. The fourth-order valence-electron chi connectivity index (χ4n) is 1.63. The maximum Gasteiger partial charge on any atom is 0.269 e. The molecule has 1 heterocycles. The molecule has 0 fully saturated rings. The van der Waals surface area contributed by atoms with Crippen molar-refractivity contribution in [3.8, 4) is 0 Å². The van der Waals surface area contributed by atoms with E-state index in [2.05, 4.69) is 17.2 Å².